The van der Waals surface area contributed by atoms with Crippen LogP contribution in [0.2, 0.25) is 10.0 Å². The summed E-state index contributed by atoms with van der Waals surface area (Å²) in [5.74, 6) is 0. The highest BCUT2D eigenvalue weighted by Gasteiger charge is 2.05. The van der Waals surface area contributed by atoms with Crippen molar-refractivity contribution in [3.8, 4) is 0 Å². The van der Waals surface area contributed by atoms with Crippen LogP contribution in [-0.2, 0) is 0 Å². The van der Waals surface area contributed by atoms with Gasteiger partial charge in [0.15, 0.2) is 0 Å². The minimum absolute atomic E-state index is 0.392. The van der Waals surface area contributed by atoms with Crippen LogP contribution < -0.4 is 5.48 Å². The summed E-state index contributed by atoms with van der Waals surface area (Å²) in [5.41, 5.74) is 3.25. The molecule has 0 aliphatic carbocycles. The smallest absolute Gasteiger partial charge is 0.0861 e. The Labute approximate surface area is 86.7 Å². The molecule has 1 rings (SSSR count). The van der Waals surface area contributed by atoms with Gasteiger partial charge in [-0.2, -0.15) is 0 Å². The fourth-order valence-corrected chi connectivity index (χ4v) is 1.57. The van der Waals surface area contributed by atoms with Crippen molar-refractivity contribution in [2.24, 2.45) is 0 Å². The number of rotatable bonds is 2. The lowest BCUT2D eigenvalue weighted by Gasteiger charge is -2.06. The van der Waals surface area contributed by atoms with Crippen LogP contribution in [0.5, 0.6) is 0 Å². The fourth-order valence-electron chi connectivity index (χ4n) is 1.02. The lowest BCUT2D eigenvalue weighted by atomic mass is 10.1. The minimum atomic E-state index is 0.392. The van der Waals surface area contributed by atoms with Crippen molar-refractivity contribution in [1.29, 1.82) is 0 Å². The average Bonchev–Trinajstić information content (AvgIpc) is 2.04. The summed E-state index contributed by atoms with van der Waals surface area (Å²) in [6, 6.07) is 3.28. The highest BCUT2D eigenvalue weighted by molar-refractivity contribution is 6.36. The Kier molecular flexibility index (Phi) is 3.60. The van der Waals surface area contributed by atoms with Crippen LogP contribution in [0.1, 0.15) is 12.5 Å². The largest absolute Gasteiger partial charge is 0.291 e. The van der Waals surface area contributed by atoms with Gasteiger partial charge in [0.25, 0.3) is 0 Å². The van der Waals surface area contributed by atoms with Gasteiger partial charge in [-0.3, -0.25) is 10.7 Å². The maximum absolute atomic E-state index is 8.81. The van der Waals surface area contributed by atoms with Gasteiger partial charge in [0, 0.05) is 10.6 Å². The van der Waals surface area contributed by atoms with E-state index in [0.717, 1.165) is 5.56 Å². The van der Waals surface area contributed by atoms with Crippen molar-refractivity contribution < 1.29 is 5.21 Å². The molecule has 2 N–H and O–H groups in total. The first-order valence-corrected chi connectivity index (χ1v) is 4.46. The molecule has 0 fully saturated rings. The zero-order chi connectivity index (χ0) is 9.84. The Morgan fingerprint density at radius 1 is 1.38 bits per heavy atom. The number of anilines is 1. The van der Waals surface area contributed by atoms with Crippen LogP contribution in [0, 0.1) is 0 Å². The standard InChI is InChI=1S/C9H9Cl2NO/c1-2-3-6-4-7(10)5-8(11)9(6)12-13/h2-5,12-13H,1H3. The SMILES string of the molecule is CC=Cc1cc(Cl)cc(Cl)c1NO. The maximum atomic E-state index is 8.81. The van der Waals surface area contributed by atoms with E-state index in [4.69, 9.17) is 28.4 Å². The molecule has 2 nitrogen and oxygen atoms in total. The molecular formula is C9H9Cl2NO. The van der Waals surface area contributed by atoms with E-state index in [1.165, 1.54) is 0 Å². The lowest BCUT2D eigenvalue weighted by molar-refractivity contribution is 0.389. The van der Waals surface area contributed by atoms with Gasteiger partial charge in [0.05, 0.1) is 10.7 Å². The van der Waals surface area contributed by atoms with E-state index in [1.807, 2.05) is 18.5 Å². The molecule has 70 valence electrons. The quantitative estimate of drug-likeness (QED) is 0.739. The van der Waals surface area contributed by atoms with E-state index >= 15 is 0 Å². The average molecular weight is 218 g/mol. The molecular weight excluding hydrogens is 209 g/mol. The molecule has 0 saturated heterocycles. The van der Waals surface area contributed by atoms with Crippen molar-refractivity contribution in [1.82, 2.24) is 0 Å². The van der Waals surface area contributed by atoms with Gasteiger partial charge in [-0.25, -0.2) is 0 Å². The highest BCUT2D eigenvalue weighted by Crippen LogP contribution is 2.30. The number of hydrogen-bond donors (Lipinski definition) is 2. The highest BCUT2D eigenvalue weighted by atomic mass is 35.5. The van der Waals surface area contributed by atoms with Crippen LogP contribution >= 0.6 is 23.2 Å². The number of allylic oxidation sites excluding steroid dienone is 1. The predicted molar refractivity (Wildman–Crippen MR) is 56.6 cm³/mol. The summed E-state index contributed by atoms with van der Waals surface area (Å²) in [5, 5.41) is 9.74. The number of nitrogens with one attached hydrogen (secondary N) is 1. The van der Waals surface area contributed by atoms with Crippen molar-refractivity contribution in [2.75, 3.05) is 5.48 Å². The first-order valence-electron chi connectivity index (χ1n) is 3.71. The molecule has 1 aromatic carbocycles. The zero-order valence-corrected chi connectivity index (χ0v) is 8.52. The van der Waals surface area contributed by atoms with Crippen molar-refractivity contribution in [2.45, 2.75) is 6.92 Å². The second-order valence-electron chi connectivity index (χ2n) is 2.46. The molecule has 0 spiro atoms. The van der Waals surface area contributed by atoms with Crippen LogP contribution in [0.15, 0.2) is 18.2 Å². The Morgan fingerprint density at radius 2 is 2.08 bits per heavy atom. The molecule has 13 heavy (non-hydrogen) atoms. The van der Waals surface area contributed by atoms with Crippen LogP contribution in [0.25, 0.3) is 6.08 Å². The molecule has 0 unspecified atom stereocenters. The fraction of sp³-hybridized carbons (Fsp3) is 0.111. The minimum Gasteiger partial charge on any atom is -0.291 e. The molecule has 0 amide bonds. The topological polar surface area (TPSA) is 32.3 Å². The Hall–Kier alpha value is -0.700. The molecule has 1 aromatic rings. The third kappa shape index (κ3) is 2.37. The van der Waals surface area contributed by atoms with Gasteiger partial charge in [-0.05, 0) is 19.1 Å². The molecule has 0 radical (unpaired) electrons. The summed E-state index contributed by atoms with van der Waals surface area (Å²) >= 11 is 11.6. The Bertz CT molecular complexity index is 337. The van der Waals surface area contributed by atoms with Crippen molar-refractivity contribution in [3.05, 3.63) is 33.8 Å². The molecule has 0 aliphatic rings. The Morgan fingerprint density at radius 3 is 2.62 bits per heavy atom. The van der Waals surface area contributed by atoms with Crippen LogP contribution in [0.4, 0.5) is 5.69 Å². The number of halogens is 2. The van der Waals surface area contributed by atoms with E-state index in [-0.39, 0.29) is 0 Å². The van der Waals surface area contributed by atoms with E-state index in [2.05, 4.69) is 0 Å². The summed E-state index contributed by atoms with van der Waals surface area (Å²) in [6.07, 6.45) is 3.64. The summed E-state index contributed by atoms with van der Waals surface area (Å²) < 4.78 is 0. The number of benzene rings is 1. The zero-order valence-electron chi connectivity index (χ0n) is 7.01. The monoisotopic (exact) mass is 217 g/mol. The summed E-state index contributed by atoms with van der Waals surface area (Å²) in [7, 11) is 0. The predicted octanol–water partition coefficient (Wildman–Crippen LogP) is 3.83. The maximum Gasteiger partial charge on any atom is 0.0861 e. The van der Waals surface area contributed by atoms with Crippen LogP contribution in [0.3, 0.4) is 0 Å². The van der Waals surface area contributed by atoms with Gasteiger partial charge >= 0.3 is 0 Å². The van der Waals surface area contributed by atoms with Gasteiger partial charge in [-0.1, -0.05) is 35.4 Å². The molecule has 0 aromatic heterocycles. The molecule has 0 aliphatic heterocycles. The van der Waals surface area contributed by atoms with E-state index in [0.29, 0.717) is 15.7 Å². The summed E-state index contributed by atoms with van der Waals surface area (Å²) in [4.78, 5) is 0. The summed E-state index contributed by atoms with van der Waals surface area (Å²) in [6.45, 7) is 1.87. The molecule has 0 saturated carbocycles. The first-order chi connectivity index (χ1) is 6.19. The molecule has 0 heterocycles. The van der Waals surface area contributed by atoms with Gasteiger partial charge < -0.3 is 0 Å². The normalized spacial score (nSPS) is 10.8. The van der Waals surface area contributed by atoms with E-state index < -0.39 is 0 Å². The number of hydrogen-bond acceptors (Lipinski definition) is 2. The van der Waals surface area contributed by atoms with E-state index in [1.54, 1.807) is 18.2 Å². The molecule has 0 atom stereocenters. The molecule has 4 heteroatoms. The van der Waals surface area contributed by atoms with Crippen LogP contribution in [-0.4, -0.2) is 5.21 Å². The van der Waals surface area contributed by atoms with Crippen molar-refractivity contribution >= 4 is 35.0 Å². The van der Waals surface area contributed by atoms with Gasteiger partial charge in [0.1, 0.15) is 0 Å². The second kappa shape index (κ2) is 4.51. The lowest BCUT2D eigenvalue weighted by Crippen LogP contribution is -1.93. The van der Waals surface area contributed by atoms with Crippen molar-refractivity contribution in [3.63, 3.8) is 0 Å². The van der Waals surface area contributed by atoms with Gasteiger partial charge in [-0.15, -0.1) is 0 Å². The first kappa shape index (κ1) is 10.4. The molecule has 0 bridgehead atoms. The third-order valence-corrected chi connectivity index (χ3v) is 2.06. The Balaban J connectivity index is 3.29. The third-order valence-electron chi connectivity index (χ3n) is 1.54. The van der Waals surface area contributed by atoms with E-state index in [9.17, 15) is 0 Å². The van der Waals surface area contributed by atoms with Gasteiger partial charge in [0.2, 0.25) is 0 Å². The second-order valence-corrected chi connectivity index (χ2v) is 3.31.